The third kappa shape index (κ3) is 3.27. The molecule has 0 spiro atoms. The summed E-state index contributed by atoms with van der Waals surface area (Å²) in [5.41, 5.74) is 8.99. The maximum Gasteiger partial charge on any atom is 0.137 e. The Morgan fingerprint density at radius 3 is 2.32 bits per heavy atom. The lowest BCUT2D eigenvalue weighted by Gasteiger charge is -2.16. The molecule has 0 bridgehead atoms. The van der Waals surface area contributed by atoms with Crippen LogP contribution in [0.5, 0.6) is 0 Å². The fourth-order valence-electron chi connectivity index (χ4n) is 1.79. The van der Waals surface area contributed by atoms with Gasteiger partial charge in [-0.2, -0.15) is 0 Å². The number of benzene rings is 2. The van der Waals surface area contributed by atoms with Crippen LogP contribution in [0, 0.1) is 12.7 Å². The molecule has 0 saturated carbocycles. The van der Waals surface area contributed by atoms with Gasteiger partial charge in [-0.1, -0.05) is 37.9 Å². The molecule has 2 aromatic rings. The van der Waals surface area contributed by atoms with Crippen molar-refractivity contribution in [3.05, 3.63) is 66.3 Å². The number of hydrogen-bond acceptors (Lipinski definition) is 1. The molecule has 1 nitrogen and oxygen atoms in total. The first kappa shape index (κ1) is 15.2. The van der Waals surface area contributed by atoms with Crippen LogP contribution in [0.4, 0.5) is 4.39 Å². The lowest BCUT2D eigenvalue weighted by molar-refractivity contribution is 0.617. The van der Waals surface area contributed by atoms with Gasteiger partial charge in [-0.05, 0) is 63.8 Å². The van der Waals surface area contributed by atoms with Crippen molar-refractivity contribution in [3.63, 3.8) is 0 Å². The Balaban J connectivity index is 2.46. The summed E-state index contributed by atoms with van der Waals surface area (Å²) in [6, 6.07) is 8.52. The molecule has 2 rings (SSSR count). The molecule has 2 aromatic carbocycles. The highest BCUT2D eigenvalue weighted by Crippen LogP contribution is 2.32. The Morgan fingerprint density at radius 2 is 1.68 bits per heavy atom. The summed E-state index contributed by atoms with van der Waals surface area (Å²) in [7, 11) is 0. The molecule has 0 aliphatic heterocycles. The number of nitrogens with two attached hydrogens (primary N) is 1. The fraction of sp³-hybridized carbons (Fsp3) is 0.143. The summed E-state index contributed by atoms with van der Waals surface area (Å²) in [5.74, 6) is -0.310. The van der Waals surface area contributed by atoms with Crippen molar-refractivity contribution >= 4 is 47.8 Å². The van der Waals surface area contributed by atoms with Crippen molar-refractivity contribution in [2.75, 3.05) is 0 Å². The lowest BCUT2D eigenvalue weighted by Crippen LogP contribution is -2.13. The molecular formula is C14H11Br3FN. The monoisotopic (exact) mass is 449 g/mol. The Labute approximate surface area is 136 Å². The predicted octanol–water partition coefficient (Wildman–Crippen LogP) is 5.47. The molecule has 100 valence electrons. The van der Waals surface area contributed by atoms with E-state index >= 15 is 0 Å². The van der Waals surface area contributed by atoms with Gasteiger partial charge < -0.3 is 5.73 Å². The normalized spacial score (nSPS) is 12.5. The minimum absolute atomic E-state index is 0.310. The highest BCUT2D eigenvalue weighted by molar-refractivity contribution is 9.11. The van der Waals surface area contributed by atoms with Gasteiger partial charge in [0.1, 0.15) is 5.82 Å². The number of rotatable bonds is 2. The molecule has 0 amide bonds. The van der Waals surface area contributed by atoms with Crippen LogP contribution in [0.2, 0.25) is 0 Å². The zero-order chi connectivity index (χ0) is 14.2. The standard InChI is InChI=1S/C14H11Br3FN/c1-7-4-12(17)9(6-11(7)16)14(19)8-2-3-10(15)13(18)5-8/h2-6,14H,19H2,1H3. The zero-order valence-electron chi connectivity index (χ0n) is 10.1. The van der Waals surface area contributed by atoms with E-state index < -0.39 is 0 Å². The molecule has 2 N–H and O–H groups in total. The van der Waals surface area contributed by atoms with E-state index in [9.17, 15) is 4.39 Å². The summed E-state index contributed by atoms with van der Waals surface area (Å²) in [5, 5.41) is 0. The van der Waals surface area contributed by atoms with E-state index in [1.165, 1.54) is 6.07 Å². The molecule has 1 atom stereocenters. The van der Waals surface area contributed by atoms with Gasteiger partial charge in [0.25, 0.3) is 0 Å². The van der Waals surface area contributed by atoms with Crippen molar-refractivity contribution < 1.29 is 4.39 Å². The highest BCUT2D eigenvalue weighted by atomic mass is 79.9. The summed E-state index contributed by atoms with van der Waals surface area (Å²) in [6.07, 6.45) is 0. The second-order valence-corrected chi connectivity index (χ2v) is 6.84. The average Bonchev–Trinajstić information content (AvgIpc) is 2.36. The van der Waals surface area contributed by atoms with Crippen LogP contribution in [-0.4, -0.2) is 0 Å². The molecule has 0 fully saturated rings. The fourth-order valence-corrected chi connectivity index (χ4v) is 3.10. The molecule has 19 heavy (non-hydrogen) atoms. The average molecular weight is 452 g/mol. The SMILES string of the molecule is Cc1cc(Br)c(C(N)c2ccc(Br)c(F)c2)cc1Br. The van der Waals surface area contributed by atoms with Crippen LogP contribution in [0.25, 0.3) is 0 Å². The van der Waals surface area contributed by atoms with E-state index in [1.807, 2.05) is 25.1 Å². The lowest BCUT2D eigenvalue weighted by atomic mass is 9.99. The van der Waals surface area contributed by atoms with E-state index in [0.29, 0.717) is 4.47 Å². The van der Waals surface area contributed by atoms with Crippen LogP contribution in [-0.2, 0) is 0 Å². The van der Waals surface area contributed by atoms with Gasteiger partial charge in [0.2, 0.25) is 0 Å². The number of hydrogen-bond donors (Lipinski definition) is 1. The van der Waals surface area contributed by atoms with Crippen LogP contribution in [0.3, 0.4) is 0 Å². The van der Waals surface area contributed by atoms with Gasteiger partial charge in [0.05, 0.1) is 10.5 Å². The van der Waals surface area contributed by atoms with E-state index in [2.05, 4.69) is 47.8 Å². The summed E-state index contributed by atoms with van der Waals surface area (Å²) in [6.45, 7) is 2.00. The van der Waals surface area contributed by atoms with Crippen LogP contribution in [0.15, 0.2) is 43.7 Å². The summed E-state index contributed by atoms with van der Waals surface area (Å²) < 4.78 is 15.9. The highest BCUT2D eigenvalue weighted by Gasteiger charge is 2.15. The van der Waals surface area contributed by atoms with E-state index in [1.54, 1.807) is 6.07 Å². The van der Waals surface area contributed by atoms with Gasteiger partial charge >= 0.3 is 0 Å². The van der Waals surface area contributed by atoms with Crippen LogP contribution < -0.4 is 5.73 Å². The Morgan fingerprint density at radius 1 is 1.00 bits per heavy atom. The molecule has 0 heterocycles. The molecule has 0 radical (unpaired) electrons. The zero-order valence-corrected chi connectivity index (χ0v) is 14.8. The van der Waals surface area contributed by atoms with E-state index in [-0.39, 0.29) is 11.9 Å². The molecule has 1 unspecified atom stereocenters. The topological polar surface area (TPSA) is 26.0 Å². The predicted molar refractivity (Wildman–Crippen MR) is 86.7 cm³/mol. The Hall–Kier alpha value is -0.230. The summed E-state index contributed by atoms with van der Waals surface area (Å²) >= 11 is 10.1. The van der Waals surface area contributed by atoms with E-state index in [0.717, 1.165) is 25.6 Å². The second kappa shape index (κ2) is 6.04. The van der Waals surface area contributed by atoms with Crippen LogP contribution in [0.1, 0.15) is 22.7 Å². The number of halogens is 4. The van der Waals surface area contributed by atoms with Crippen molar-refractivity contribution in [2.24, 2.45) is 5.73 Å². The first-order valence-corrected chi connectivity index (χ1v) is 7.94. The third-order valence-corrected chi connectivity index (χ3v) is 5.10. The molecular weight excluding hydrogens is 441 g/mol. The van der Waals surface area contributed by atoms with E-state index in [4.69, 9.17) is 5.73 Å². The smallest absolute Gasteiger partial charge is 0.137 e. The largest absolute Gasteiger partial charge is 0.320 e. The van der Waals surface area contributed by atoms with Crippen molar-refractivity contribution in [2.45, 2.75) is 13.0 Å². The van der Waals surface area contributed by atoms with Crippen molar-refractivity contribution in [1.82, 2.24) is 0 Å². The quantitative estimate of drug-likeness (QED) is 0.643. The van der Waals surface area contributed by atoms with Gasteiger partial charge in [-0.25, -0.2) is 4.39 Å². The van der Waals surface area contributed by atoms with Gasteiger partial charge in [0.15, 0.2) is 0 Å². The van der Waals surface area contributed by atoms with Gasteiger partial charge in [-0.15, -0.1) is 0 Å². The molecule has 0 aliphatic rings. The minimum atomic E-state index is -0.381. The van der Waals surface area contributed by atoms with Gasteiger partial charge in [0, 0.05) is 8.95 Å². The molecule has 0 saturated heterocycles. The number of aryl methyl sites for hydroxylation is 1. The first-order chi connectivity index (χ1) is 8.90. The minimum Gasteiger partial charge on any atom is -0.320 e. The second-order valence-electron chi connectivity index (χ2n) is 4.27. The Kier molecular flexibility index (Phi) is 4.82. The third-order valence-electron chi connectivity index (χ3n) is 2.92. The maximum atomic E-state index is 13.6. The van der Waals surface area contributed by atoms with Crippen LogP contribution >= 0.6 is 47.8 Å². The molecule has 0 aromatic heterocycles. The molecule has 5 heteroatoms. The molecule has 0 aliphatic carbocycles. The van der Waals surface area contributed by atoms with Crippen molar-refractivity contribution in [3.8, 4) is 0 Å². The Bertz CT molecular complexity index is 628. The van der Waals surface area contributed by atoms with Gasteiger partial charge in [-0.3, -0.25) is 0 Å². The first-order valence-electron chi connectivity index (χ1n) is 5.56. The summed E-state index contributed by atoms with van der Waals surface area (Å²) in [4.78, 5) is 0. The maximum absolute atomic E-state index is 13.6. The van der Waals surface area contributed by atoms with Crippen molar-refractivity contribution in [1.29, 1.82) is 0 Å².